The third kappa shape index (κ3) is 7.06. The van der Waals surface area contributed by atoms with Crippen molar-refractivity contribution in [1.82, 2.24) is 15.3 Å². The number of nitrogens with one attached hydrogen (secondary N) is 2. The molecule has 2 atom stereocenters. The highest BCUT2D eigenvalue weighted by atomic mass is 35.5. The number of carbonyl (C=O) groups excluding carboxylic acids is 1. The number of nitrogens with two attached hydrogens (primary N) is 1. The van der Waals surface area contributed by atoms with Gasteiger partial charge in [-0.15, -0.1) is 24.8 Å². The second kappa shape index (κ2) is 13.3. The maximum atomic E-state index is 12.6. The summed E-state index contributed by atoms with van der Waals surface area (Å²) in [7, 11) is 1.59. The predicted molar refractivity (Wildman–Crippen MR) is 142 cm³/mol. The number of aliphatic imine (C=N–C) groups is 1. The zero-order chi connectivity index (χ0) is 23.2. The van der Waals surface area contributed by atoms with E-state index in [1.807, 2.05) is 25.1 Å². The van der Waals surface area contributed by atoms with E-state index in [4.69, 9.17) is 19.9 Å². The number of amides is 1. The van der Waals surface area contributed by atoms with E-state index in [-0.39, 0.29) is 48.6 Å². The van der Waals surface area contributed by atoms with Gasteiger partial charge in [0.25, 0.3) is 5.91 Å². The smallest absolute Gasteiger partial charge is 0.289 e. The van der Waals surface area contributed by atoms with Gasteiger partial charge in [0.1, 0.15) is 5.82 Å². The van der Waals surface area contributed by atoms with Crippen molar-refractivity contribution in [3.63, 3.8) is 0 Å². The molecule has 9 nitrogen and oxygen atoms in total. The Labute approximate surface area is 217 Å². The van der Waals surface area contributed by atoms with E-state index in [2.05, 4.69) is 20.6 Å². The van der Waals surface area contributed by atoms with Crippen LogP contribution in [0.2, 0.25) is 0 Å². The van der Waals surface area contributed by atoms with Crippen molar-refractivity contribution in [1.29, 1.82) is 0 Å². The van der Waals surface area contributed by atoms with Crippen LogP contribution in [0.3, 0.4) is 0 Å². The maximum absolute atomic E-state index is 12.6. The van der Waals surface area contributed by atoms with Gasteiger partial charge in [0.2, 0.25) is 5.82 Å². The van der Waals surface area contributed by atoms with E-state index in [1.54, 1.807) is 25.5 Å². The summed E-state index contributed by atoms with van der Waals surface area (Å²) in [6, 6.07) is 9.51. The number of carbonyl (C=O) groups is 1. The molecule has 0 aliphatic heterocycles. The lowest BCUT2D eigenvalue weighted by atomic mass is 9.90. The average molecular weight is 523 g/mol. The molecule has 0 bridgehead atoms. The number of benzene rings is 1. The zero-order valence-electron chi connectivity index (χ0n) is 19.8. The molecular formula is C24H32Cl2N6O3. The number of methoxy groups -OCH3 is 1. The number of aromatic nitrogens is 2. The quantitative estimate of drug-likeness (QED) is 0.232. The molecule has 1 aliphatic carbocycles. The Bertz CT molecular complexity index is 1140. The van der Waals surface area contributed by atoms with Crippen LogP contribution in [-0.2, 0) is 4.74 Å². The van der Waals surface area contributed by atoms with E-state index in [9.17, 15) is 4.79 Å². The van der Waals surface area contributed by atoms with Crippen molar-refractivity contribution in [3.05, 3.63) is 53.7 Å². The number of aryl methyl sites for hydroxylation is 1. The van der Waals surface area contributed by atoms with Gasteiger partial charge in [-0.1, -0.05) is 24.5 Å². The van der Waals surface area contributed by atoms with Crippen LogP contribution in [-0.4, -0.2) is 54.1 Å². The SMILES string of the molecule is COCCNC(=O)c1nc(N[C@H]2CCCC[C@H]2N=C(N)c2ccco2)c2cc(C)ccc2n1.Cl.Cl. The largest absolute Gasteiger partial charge is 0.461 e. The minimum Gasteiger partial charge on any atom is -0.461 e. The van der Waals surface area contributed by atoms with E-state index in [0.717, 1.165) is 36.6 Å². The Morgan fingerprint density at radius 3 is 2.77 bits per heavy atom. The summed E-state index contributed by atoms with van der Waals surface area (Å²) in [6.07, 6.45) is 5.58. The first-order valence-corrected chi connectivity index (χ1v) is 11.2. The molecule has 35 heavy (non-hydrogen) atoms. The Hall–Kier alpha value is -2.88. The van der Waals surface area contributed by atoms with Gasteiger partial charge in [0, 0.05) is 25.1 Å². The number of amidine groups is 1. The van der Waals surface area contributed by atoms with Crippen molar-refractivity contribution in [3.8, 4) is 0 Å². The minimum atomic E-state index is -0.335. The summed E-state index contributed by atoms with van der Waals surface area (Å²) < 4.78 is 10.4. The van der Waals surface area contributed by atoms with E-state index in [1.165, 1.54) is 0 Å². The summed E-state index contributed by atoms with van der Waals surface area (Å²) >= 11 is 0. The number of hydrogen-bond acceptors (Lipinski definition) is 7. The Morgan fingerprint density at radius 2 is 2.03 bits per heavy atom. The lowest BCUT2D eigenvalue weighted by Gasteiger charge is -2.30. The summed E-state index contributed by atoms with van der Waals surface area (Å²) in [5.41, 5.74) is 8.00. The number of rotatable bonds is 8. The molecule has 190 valence electrons. The standard InChI is InChI=1S/C24H30N6O3.2ClH/c1-15-9-10-17-16(14-15)22(30-23(28-17)24(31)26-11-13-32-2)29-19-7-4-3-6-18(19)27-21(25)20-8-5-12-33-20;;/h5,8-10,12,14,18-19H,3-4,6-7,11,13H2,1-2H3,(H2,25,27)(H,26,31)(H,28,29,30);2*1H/t18-,19+;;/m1../s1. The summed E-state index contributed by atoms with van der Waals surface area (Å²) in [5, 5.41) is 7.23. The van der Waals surface area contributed by atoms with Crippen LogP contribution >= 0.6 is 24.8 Å². The van der Waals surface area contributed by atoms with Gasteiger partial charge in [-0.05, 0) is 44.0 Å². The van der Waals surface area contributed by atoms with E-state index < -0.39 is 0 Å². The van der Waals surface area contributed by atoms with Gasteiger partial charge >= 0.3 is 0 Å². The fraction of sp³-hybridized carbons (Fsp3) is 0.417. The topological polar surface area (TPSA) is 128 Å². The van der Waals surface area contributed by atoms with Crippen LogP contribution in [0.15, 0.2) is 46.0 Å². The number of anilines is 1. The number of nitrogens with zero attached hydrogens (tertiary/aromatic N) is 3. The molecule has 1 amide bonds. The molecule has 11 heteroatoms. The molecule has 4 rings (SSSR count). The number of halogens is 2. The fourth-order valence-electron chi connectivity index (χ4n) is 4.08. The van der Waals surface area contributed by atoms with Crippen molar-refractivity contribution in [2.45, 2.75) is 44.7 Å². The van der Waals surface area contributed by atoms with Crippen LogP contribution in [0.25, 0.3) is 10.9 Å². The third-order valence-electron chi connectivity index (χ3n) is 5.78. The van der Waals surface area contributed by atoms with Crippen molar-refractivity contribution in [2.24, 2.45) is 10.7 Å². The van der Waals surface area contributed by atoms with Crippen molar-refractivity contribution < 1.29 is 13.9 Å². The van der Waals surface area contributed by atoms with Crippen LogP contribution in [0, 0.1) is 6.92 Å². The average Bonchev–Trinajstić information content (AvgIpc) is 3.36. The first-order valence-electron chi connectivity index (χ1n) is 11.2. The second-order valence-corrected chi connectivity index (χ2v) is 8.26. The molecule has 1 aliphatic rings. The molecule has 0 unspecified atom stereocenters. The predicted octanol–water partition coefficient (Wildman–Crippen LogP) is 3.88. The van der Waals surface area contributed by atoms with Crippen LogP contribution in [0.5, 0.6) is 0 Å². The monoisotopic (exact) mass is 522 g/mol. The number of ether oxygens (including phenoxy) is 1. The second-order valence-electron chi connectivity index (χ2n) is 8.26. The Morgan fingerprint density at radius 1 is 1.23 bits per heavy atom. The maximum Gasteiger partial charge on any atom is 0.289 e. The van der Waals surface area contributed by atoms with Crippen LogP contribution in [0.4, 0.5) is 5.82 Å². The van der Waals surface area contributed by atoms with E-state index in [0.29, 0.717) is 36.1 Å². The van der Waals surface area contributed by atoms with Gasteiger partial charge in [-0.2, -0.15) is 0 Å². The van der Waals surface area contributed by atoms with Gasteiger partial charge in [-0.25, -0.2) is 9.97 Å². The lowest BCUT2D eigenvalue weighted by molar-refractivity contribution is 0.0927. The fourth-order valence-corrected chi connectivity index (χ4v) is 4.08. The molecule has 0 radical (unpaired) electrons. The Kier molecular flexibility index (Phi) is 10.8. The Balaban J connectivity index is 0.00000216. The molecule has 4 N–H and O–H groups in total. The van der Waals surface area contributed by atoms with Crippen LogP contribution in [0.1, 0.15) is 47.6 Å². The molecule has 1 fully saturated rings. The molecule has 1 aromatic carbocycles. The molecule has 2 aromatic heterocycles. The first kappa shape index (κ1) is 28.4. The van der Waals surface area contributed by atoms with Gasteiger partial charge in [-0.3, -0.25) is 9.79 Å². The van der Waals surface area contributed by atoms with Gasteiger partial charge in [0.05, 0.1) is 24.4 Å². The summed E-state index contributed by atoms with van der Waals surface area (Å²) in [6.45, 7) is 2.83. The van der Waals surface area contributed by atoms with Crippen LogP contribution < -0.4 is 16.4 Å². The highest BCUT2D eigenvalue weighted by molar-refractivity contribution is 5.97. The third-order valence-corrected chi connectivity index (χ3v) is 5.78. The van der Waals surface area contributed by atoms with Gasteiger partial charge in [0.15, 0.2) is 11.6 Å². The summed E-state index contributed by atoms with van der Waals surface area (Å²) in [4.78, 5) is 26.5. The number of hydrogen-bond donors (Lipinski definition) is 3. The molecule has 2 heterocycles. The molecule has 1 saturated carbocycles. The lowest BCUT2D eigenvalue weighted by Crippen LogP contribution is -2.37. The number of fused-ring (bicyclic) bond motifs is 1. The minimum absolute atomic E-state index is 0. The van der Waals surface area contributed by atoms with E-state index >= 15 is 0 Å². The zero-order valence-corrected chi connectivity index (χ0v) is 21.5. The number of furan rings is 1. The first-order chi connectivity index (χ1) is 16.0. The van der Waals surface area contributed by atoms with Crippen molar-refractivity contribution >= 4 is 53.3 Å². The van der Waals surface area contributed by atoms with Crippen molar-refractivity contribution in [2.75, 3.05) is 25.6 Å². The molecule has 3 aromatic rings. The molecule has 0 saturated heterocycles. The van der Waals surface area contributed by atoms with Gasteiger partial charge < -0.3 is 25.5 Å². The normalized spacial score (nSPS) is 17.8. The molecular weight excluding hydrogens is 491 g/mol. The highest BCUT2D eigenvalue weighted by Crippen LogP contribution is 2.28. The summed E-state index contributed by atoms with van der Waals surface area (Å²) in [5.74, 6) is 1.37. The highest BCUT2D eigenvalue weighted by Gasteiger charge is 2.27. The molecule has 0 spiro atoms.